The Morgan fingerprint density at radius 3 is 2.17 bits per heavy atom. The summed E-state index contributed by atoms with van der Waals surface area (Å²) < 4.78 is 5.46. The van der Waals surface area contributed by atoms with Gasteiger partial charge in [0.05, 0.1) is 30.3 Å². The lowest BCUT2D eigenvalue weighted by molar-refractivity contribution is -0.113. The van der Waals surface area contributed by atoms with E-state index >= 15 is 0 Å². The molecule has 5 rings (SSSR count). The first-order chi connectivity index (χ1) is 17.3. The van der Waals surface area contributed by atoms with E-state index in [4.69, 9.17) is 9.72 Å². The van der Waals surface area contributed by atoms with Crippen LogP contribution in [0.15, 0.2) is 90.1 Å². The van der Waals surface area contributed by atoms with Crippen LogP contribution >= 0.6 is 11.8 Å². The van der Waals surface area contributed by atoms with Crippen molar-refractivity contribution in [3.8, 4) is 22.5 Å². The molecule has 0 saturated carbocycles. The average molecular weight is 484 g/mol. The zero-order valence-electron chi connectivity index (χ0n) is 19.1. The fraction of sp³-hybridized carbons (Fsp3) is 0.185. The highest BCUT2D eigenvalue weighted by molar-refractivity contribution is 7.99. The number of aromatic nitrogens is 3. The fourth-order valence-corrected chi connectivity index (χ4v) is 4.52. The van der Waals surface area contributed by atoms with Crippen LogP contribution in [0.2, 0.25) is 0 Å². The van der Waals surface area contributed by atoms with E-state index < -0.39 is 0 Å². The van der Waals surface area contributed by atoms with Gasteiger partial charge in [0.25, 0.3) is 0 Å². The molecule has 1 fully saturated rings. The van der Waals surface area contributed by atoms with E-state index in [2.05, 4.69) is 20.4 Å². The van der Waals surface area contributed by atoms with Gasteiger partial charge in [0.2, 0.25) is 11.1 Å². The second-order valence-corrected chi connectivity index (χ2v) is 8.92. The number of nitrogens with zero attached hydrogens (tertiary/aromatic N) is 4. The monoisotopic (exact) mass is 483 g/mol. The van der Waals surface area contributed by atoms with Gasteiger partial charge in [0, 0.05) is 24.2 Å². The molecule has 0 unspecified atom stereocenters. The molecule has 8 heteroatoms. The molecule has 0 aliphatic carbocycles. The number of amides is 1. The lowest BCUT2D eigenvalue weighted by Gasteiger charge is -2.30. The van der Waals surface area contributed by atoms with Crippen LogP contribution in [0.25, 0.3) is 22.5 Å². The molecule has 1 aromatic heterocycles. The summed E-state index contributed by atoms with van der Waals surface area (Å²) in [6, 6.07) is 27.6. The number of anilines is 2. The predicted molar refractivity (Wildman–Crippen MR) is 140 cm³/mol. The van der Waals surface area contributed by atoms with Gasteiger partial charge in [-0.1, -0.05) is 84.6 Å². The molecule has 3 aromatic carbocycles. The third-order valence-electron chi connectivity index (χ3n) is 5.62. The molecule has 1 amide bonds. The topological polar surface area (TPSA) is 80.2 Å². The van der Waals surface area contributed by atoms with Crippen molar-refractivity contribution >= 4 is 29.0 Å². The summed E-state index contributed by atoms with van der Waals surface area (Å²) in [5.74, 6) is 0.0607. The molecule has 1 saturated heterocycles. The Labute approximate surface area is 208 Å². The van der Waals surface area contributed by atoms with Crippen LogP contribution < -0.4 is 10.2 Å². The van der Waals surface area contributed by atoms with Crippen molar-refractivity contribution < 1.29 is 9.53 Å². The molecular weight excluding hydrogens is 458 g/mol. The molecule has 35 heavy (non-hydrogen) atoms. The molecule has 0 bridgehead atoms. The number of thioether (sulfide) groups is 1. The minimum absolute atomic E-state index is 0.118. The largest absolute Gasteiger partial charge is 0.378 e. The highest BCUT2D eigenvalue weighted by atomic mass is 32.2. The minimum atomic E-state index is -0.118. The first kappa shape index (κ1) is 23.0. The molecule has 176 valence electrons. The minimum Gasteiger partial charge on any atom is -0.378 e. The Hall–Kier alpha value is -3.75. The van der Waals surface area contributed by atoms with Crippen molar-refractivity contribution in [1.29, 1.82) is 0 Å². The molecular formula is C27H25N5O2S. The summed E-state index contributed by atoms with van der Waals surface area (Å²) in [6.07, 6.45) is 0. The van der Waals surface area contributed by atoms with Gasteiger partial charge >= 0.3 is 0 Å². The second-order valence-electron chi connectivity index (χ2n) is 7.98. The van der Waals surface area contributed by atoms with Gasteiger partial charge in [0.1, 0.15) is 11.4 Å². The lowest BCUT2D eigenvalue weighted by atomic mass is 10.0. The highest BCUT2D eigenvalue weighted by Crippen LogP contribution is 2.30. The lowest BCUT2D eigenvalue weighted by Crippen LogP contribution is -2.36. The molecule has 1 aliphatic heterocycles. The van der Waals surface area contributed by atoms with Gasteiger partial charge in [0.15, 0.2) is 0 Å². The van der Waals surface area contributed by atoms with Crippen LogP contribution in [0.4, 0.5) is 11.4 Å². The number of hydrogen-bond donors (Lipinski definition) is 1. The number of carbonyl (C=O) groups is 1. The predicted octanol–water partition coefficient (Wildman–Crippen LogP) is 4.77. The van der Waals surface area contributed by atoms with Crippen molar-refractivity contribution in [3.05, 3.63) is 84.9 Å². The molecule has 4 aromatic rings. The van der Waals surface area contributed by atoms with E-state index in [1.165, 1.54) is 11.8 Å². The number of morpholine rings is 1. The zero-order chi connectivity index (χ0) is 23.9. The van der Waals surface area contributed by atoms with Crippen LogP contribution in [0.5, 0.6) is 0 Å². The van der Waals surface area contributed by atoms with E-state index in [0.717, 1.165) is 41.3 Å². The van der Waals surface area contributed by atoms with Crippen LogP contribution in [-0.2, 0) is 9.53 Å². The molecule has 1 aliphatic rings. The van der Waals surface area contributed by atoms with Crippen molar-refractivity contribution in [1.82, 2.24) is 15.2 Å². The number of hydrogen-bond acceptors (Lipinski definition) is 7. The Kier molecular flexibility index (Phi) is 7.31. The highest BCUT2D eigenvalue weighted by Gasteiger charge is 2.17. The van der Waals surface area contributed by atoms with Crippen molar-refractivity contribution in [2.24, 2.45) is 0 Å². The Morgan fingerprint density at radius 2 is 1.46 bits per heavy atom. The summed E-state index contributed by atoms with van der Waals surface area (Å²) in [4.78, 5) is 19.8. The number of carbonyl (C=O) groups excluding carboxylic acids is 1. The standard InChI is InChI=1S/C27H25N5O2S/c33-24(28-22-13-7-8-14-23(22)32-15-17-34-18-16-32)19-35-27-29-25(20-9-3-1-4-10-20)26(30-31-27)21-11-5-2-6-12-21/h1-14H,15-19H2,(H,28,33). The Morgan fingerprint density at radius 1 is 0.829 bits per heavy atom. The third kappa shape index (κ3) is 5.67. The van der Waals surface area contributed by atoms with Crippen LogP contribution in [0, 0.1) is 0 Å². The maximum atomic E-state index is 12.8. The van der Waals surface area contributed by atoms with Gasteiger partial charge in [-0.2, -0.15) is 0 Å². The van der Waals surface area contributed by atoms with Gasteiger partial charge in [-0.25, -0.2) is 4.98 Å². The van der Waals surface area contributed by atoms with Gasteiger partial charge in [-0.3, -0.25) is 4.79 Å². The first-order valence-electron chi connectivity index (χ1n) is 11.5. The van der Waals surface area contributed by atoms with E-state index in [-0.39, 0.29) is 11.7 Å². The van der Waals surface area contributed by atoms with Crippen LogP contribution in [0.3, 0.4) is 0 Å². The average Bonchev–Trinajstić information content (AvgIpc) is 2.93. The summed E-state index contributed by atoms with van der Waals surface area (Å²) in [5, 5.41) is 12.3. The molecule has 0 atom stereocenters. The number of benzene rings is 3. The van der Waals surface area contributed by atoms with E-state index in [1.807, 2.05) is 84.9 Å². The number of para-hydroxylation sites is 2. The molecule has 1 N–H and O–H groups in total. The van der Waals surface area contributed by atoms with E-state index in [9.17, 15) is 4.79 Å². The maximum Gasteiger partial charge on any atom is 0.234 e. The summed E-state index contributed by atoms with van der Waals surface area (Å²) in [7, 11) is 0. The summed E-state index contributed by atoms with van der Waals surface area (Å²) in [5.41, 5.74) is 5.15. The quantitative estimate of drug-likeness (QED) is 0.379. The fourth-order valence-electron chi connectivity index (χ4n) is 3.94. The SMILES string of the molecule is O=C(CSc1nnc(-c2ccccc2)c(-c2ccccc2)n1)Nc1ccccc1N1CCOCC1. The summed E-state index contributed by atoms with van der Waals surface area (Å²) >= 11 is 1.27. The number of ether oxygens (including phenoxy) is 1. The smallest absolute Gasteiger partial charge is 0.234 e. The second kappa shape index (κ2) is 11.1. The molecule has 0 spiro atoms. The first-order valence-corrected chi connectivity index (χ1v) is 12.5. The van der Waals surface area contributed by atoms with Gasteiger partial charge < -0.3 is 15.0 Å². The van der Waals surface area contributed by atoms with Crippen molar-refractivity contribution in [3.63, 3.8) is 0 Å². The number of rotatable bonds is 7. The molecule has 7 nitrogen and oxygen atoms in total. The van der Waals surface area contributed by atoms with E-state index in [0.29, 0.717) is 24.1 Å². The van der Waals surface area contributed by atoms with Gasteiger partial charge in [-0.15, -0.1) is 10.2 Å². The Bertz CT molecular complexity index is 1280. The van der Waals surface area contributed by atoms with E-state index in [1.54, 1.807) is 0 Å². The maximum absolute atomic E-state index is 12.8. The molecule has 2 heterocycles. The normalized spacial score (nSPS) is 13.4. The van der Waals surface area contributed by atoms with Gasteiger partial charge in [-0.05, 0) is 12.1 Å². The third-order valence-corrected chi connectivity index (χ3v) is 6.46. The summed E-state index contributed by atoms with van der Waals surface area (Å²) in [6.45, 7) is 2.98. The van der Waals surface area contributed by atoms with Crippen molar-refractivity contribution in [2.75, 3.05) is 42.3 Å². The Balaban J connectivity index is 1.32. The zero-order valence-corrected chi connectivity index (χ0v) is 19.9. The molecule has 0 radical (unpaired) electrons. The van der Waals surface area contributed by atoms with Crippen molar-refractivity contribution in [2.45, 2.75) is 5.16 Å². The number of nitrogens with one attached hydrogen (secondary N) is 1. The van der Waals surface area contributed by atoms with Crippen LogP contribution in [0.1, 0.15) is 0 Å². The van der Waals surface area contributed by atoms with Crippen LogP contribution in [-0.4, -0.2) is 53.1 Å².